The summed E-state index contributed by atoms with van der Waals surface area (Å²) in [5.74, 6) is 0.300. The number of hydrogen-bond acceptors (Lipinski definition) is 3. The average Bonchev–Trinajstić information content (AvgIpc) is 2.62. The van der Waals surface area contributed by atoms with E-state index in [2.05, 4.69) is 48.4 Å². The highest BCUT2D eigenvalue weighted by Gasteiger charge is 2.34. The Kier molecular flexibility index (Phi) is 6.25. The zero-order chi connectivity index (χ0) is 19.6. The summed E-state index contributed by atoms with van der Waals surface area (Å²) in [4.78, 5) is 5.02. The minimum atomic E-state index is 0.0800. The third-order valence-corrected chi connectivity index (χ3v) is 5.97. The zero-order valence-electron chi connectivity index (χ0n) is 16.4. The number of phenolic OH excluding ortho intramolecular Hbond substituents is 1. The van der Waals surface area contributed by atoms with Gasteiger partial charge in [0.2, 0.25) is 0 Å². The number of halogens is 1. The second-order valence-corrected chi connectivity index (χ2v) is 8.05. The summed E-state index contributed by atoms with van der Waals surface area (Å²) >= 11 is 6.28. The number of aryl methyl sites for hydroxylation is 1. The Bertz CT molecular complexity index is 807. The Balaban J connectivity index is 2.02. The van der Waals surface area contributed by atoms with Gasteiger partial charge < -0.3 is 5.11 Å². The molecule has 144 valence electrons. The van der Waals surface area contributed by atoms with Crippen LogP contribution in [0.15, 0.2) is 55.1 Å². The molecule has 1 aliphatic heterocycles. The number of piperazine rings is 1. The van der Waals surface area contributed by atoms with Crippen molar-refractivity contribution in [1.82, 2.24) is 9.80 Å². The normalized spacial score (nSPS) is 22.5. The molecule has 1 N–H and O–H groups in total. The summed E-state index contributed by atoms with van der Waals surface area (Å²) in [6.45, 7) is 13.4. The first-order valence-electron chi connectivity index (χ1n) is 9.56. The Morgan fingerprint density at radius 2 is 1.89 bits per heavy atom. The summed E-state index contributed by atoms with van der Waals surface area (Å²) in [6.07, 6.45) is 1.98. The third kappa shape index (κ3) is 4.37. The lowest BCUT2D eigenvalue weighted by molar-refractivity contribution is 0.0306. The van der Waals surface area contributed by atoms with Gasteiger partial charge in [0.15, 0.2) is 0 Å². The molecule has 1 aliphatic rings. The molecule has 0 saturated carbocycles. The van der Waals surface area contributed by atoms with Gasteiger partial charge in [-0.2, -0.15) is 0 Å². The molecule has 2 aromatic rings. The van der Waals surface area contributed by atoms with Gasteiger partial charge in [-0.05, 0) is 55.7 Å². The van der Waals surface area contributed by atoms with Gasteiger partial charge in [0.05, 0.1) is 6.04 Å². The van der Waals surface area contributed by atoms with E-state index in [0.29, 0.717) is 17.8 Å². The molecule has 0 radical (unpaired) electrons. The summed E-state index contributed by atoms with van der Waals surface area (Å²) in [5.41, 5.74) is 3.39. The van der Waals surface area contributed by atoms with Crippen LogP contribution < -0.4 is 0 Å². The van der Waals surface area contributed by atoms with Crippen molar-refractivity contribution in [2.45, 2.75) is 38.9 Å². The minimum absolute atomic E-state index is 0.0800. The molecule has 1 fully saturated rings. The van der Waals surface area contributed by atoms with E-state index >= 15 is 0 Å². The lowest BCUT2D eigenvalue weighted by Crippen LogP contribution is -2.57. The highest BCUT2D eigenvalue weighted by molar-refractivity contribution is 6.31. The lowest BCUT2D eigenvalue weighted by Gasteiger charge is -2.47. The van der Waals surface area contributed by atoms with E-state index in [1.165, 1.54) is 5.56 Å². The molecular formula is C23H29ClN2O. The smallest absolute Gasteiger partial charge is 0.115 e. The van der Waals surface area contributed by atoms with Crippen molar-refractivity contribution in [3.8, 4) is 5.75 Å². The summed E-state index contributed by atoms with van der Waals surface area (Å²) < 4.78 is 0. The van der Waals surface area contributed by atoms with Crippen LogP contribution in [0.25, 0.3) is 0 Å². The summed E-state index contributed by atoms with van der Waals surface area (Å²) in [6, 6.07) is 14.8. The van der Waals surface area contributed by atoms with Gasteiger partial charge in [0.1, 0.15) is 5.75 Å². The second-order valence-electron chi connectivity index (χ2n) is 7.64. The number of rotatable bonds is 5. The number of benzene rings is 2. The van der Waals surface area contributed by atoms with Crippen LogP contribution >= 0.6 is 11.6 Å². The van der Waals surface area contributed by atoms with E-state index in [-0.39, 0.29) is 6.04 Å². The van der Waals surface area contributed by atoms with Crippen LogP contribution in [-0.2, 0) is 0 Å². The molecule has 3 nitrogen and oxygen atoms in total. The van der Waals surface area contributed by atoms with E-state index in [1.54, 1.807) is 6.07 Å². The Morgan fingerprint density at radius 3 is 2.56 bits per heavy atom. The van der Waals surface area contributed by atoms with Crippen LogP contribution in [0.3, 0.4) is 0 Å². The monoisotopic (exact) mass is 384 g/mol. The first-order valence-corrected chi connectivity index (χ1v) is 9.94. The quantitative estimate of drug-likeness (QED) is 0.733. The van der Waals surface area contributed by atoms with Gasteiger partial charge in [-0.15, -0.1) is 6.58 Å². The molecular weight excluding hydrogens is 356 g/mol. The molecule has 3 atom stereocenters. The van der Waals surface area contributed by atoms with E-state index in [4.69, 9.17) is 11.6 Å². The van der Waals surface area contributed by atoms with Gasteiger partial charge in [0, 0.05) is 36.7 Å². The largest absolute Gasteiger partial charge is 0.508 e. The maximum absolute atomic E-state index is 10.1. The molecule has 0 amide bonds. The van der Waals surface area contributed by atoms with Gasteiger partial charge in [0.25, 0.3) is 0 Å². The van der Waals surface area contributed by atoms with E-state index in [0.717, 1.165) is 35.8 Å². The van der Waals surface area contributed by atoms with Gasteiger partial charge in [-0.25, -0.2) is 0 Å². The molecule has 3 rings (SSSR count). The molecule has 2 aromatic carbocycles. The summed E-state index contributed by atoms with van der Waals surface area (Å²) in [7, 11) is 0. The van der Waals surface area contributed by atoms with Gasteiger partial charge in [-0.3, -0.25) is 9.80 Å². The second kappa shape index (κ2) is 8.47. The maximum Gasteiger partial charge on any atom is 0.115 e. The van der Waals surface area contributed by atoms with Crippen molar-refractivity contribution in [1.29, 1.82) is 0 Å². The molecule has 0 bridgehead atoms. The minimum Gasteiger partial charge on any atom is -0.508 e. The van der Waals surface area contributed by atoms with E-state index in [1.807, 2.05) is 31.2 Å². The highest BCUT2D eigenvalue weighted by Crippen LogP contribution is 2.35. The van der Waals surface area contributed by atoms with Crippen molar-refractivity contribution < 1.29 is 5.11 Å². The van der Waals surface area contributed by atoms with Crippen LogP contribution in [0.5, 0.6) is 5.75 Å². The van der Waals surface area contributed by atoms with Gasteiger partial charge in [-0.1, -0.05) is 41.9 Å². The Labute approximate surface area is 167 Å². The fourth-order valence-corrected chi connectivity index (χ4v) is 4.23. The van der Waals surface area contributed by atoms with E-state index < -0.39 is 0 Å². The van der Waals surface area contributed by atoms with Crippen molar-refractivity contribution >= 4 is 11.6 Å². The molecule has 4 heteroatoms. The highest BCUT2D eigenvalue weighted by atomic mass is 35.5. The van der Waals surface area contributed by atoms with Gasteiger partial charge >= 0.3 is 0 Å². The van der Waals surface area contributed by atoms with Crippen molar-refractivity contribution in [3.63, 3.8) is 0 Å². The SMILES string of the molecule is C=CCN1CC(C)N(C(c2cccc(O)c2)c2ccc(Cl)c(C)c2)CC1C. The maximum atomic E-state index is 10.1. The number of aromatic hydroxyl groups is 1. The lowest BCUT2D eigenvalue weighted by atomic mass is 9.92. The molecule has 3 unspecified atom stereocenters. The van der Waals surface area contributed by atoms with Crippen LogP contribution in [0.2, 0.25) is 5.02 Å². The molecule has 27 heavy (non-hydrogen) atoms. The van der Waals surface area contributed by atoms with Crippen LogP contribution in [0.1, 0.15) is 36.6 Å². The van der Waals surface area contributed by atoms with E-state index in [9.17, 15) is 5.11 Å². The van der Waals surface area contributed by atoms with Crippen molar-refractivity contribution in [2.24, 2.45) is 0 Å². The number of phenols is 1. The van der Waals surface area contributed by atoms with Crippen molar-refractivity contribution in [2.75, 3.05) is 19.6 Å². The number of nitrogens with zero attached hydrogens (tertiary/aromatic N) is 2. The standard InChI is InChI=1S/C23H29ClN2O/c1-5-11-25-14-18(4)26(15-17(25)3)23(19-7-6-8-21(27)13-19)20-9-10-22(24)16(2)12-20/h5-10,12-13,17-18,23,27H,1,11,14-15H2,2-4H3. The van der Waals surface area contributed by atoms with Crippen LogP contribution in [0, 0.1) is 6.92 Å². The topological polar surface area (TPSA) is 26.7 Å². The molecule has 1 heterocycles. The predicted molar refractivity (Wildman–Crippen MR) is 114 cm³/mol. The fraction of sp³-hybridized carbons (Fsp3) is 0.391. The molecule has 1 saturated heterocycles. The Hall–Kier alpha value is -1.81. The molecule has 0 spiro atoms. The first kappa shape index (κ1) is 19.9. The number of hydrogen-bond donors (Lipinski definition) is 1. The first-order chi connectivity index (χ1) is 12.9. The summed E-state index contributed by atoms with van der Waals surface area (Å²) in [5, 5.41) is 10.9. The average molecular weight is 385 g/mol. The predicted octanol–water partition coefficient (Wildman–Crippen LogP) is 5.02. The molecule has 0 aromatic heterocycles. The Morgan fingerprint density at radius 1 is 1.15 bits per heavy atom. The third-order valence-electron chi connectivity index (χ3n) is 5.54. The fourth-order valence-electron chi connectivity index (χ4n) is 4.11. The van der Waals surface area contributed by atoms with Crippen LogP contribution in [-0.4, -0.2) is 46.6 Å². The zero-order valence-corrected chi connectivity index (χ0v) is 17.2. The van der Waals surface area contributed by atoms with Crippen LogP contribution in [0.4, 0.5) is 0 Å². The molecule has 0 aliphatic carbocycles. The van der Waals surface area contributed by atoms with Crippen molar-refractivity contribution in [3.05, 3.63) is 76.8 Å².